The second kappa shape index (κ2) is 6.34. The van der Waals surface area contributed by atoms with Gasteiger partial charge in [-0.25, -0.2) is 4.39 Å². The van der Waals surface area contributed by atoms with E-state index in [0.717, 1.165) is 0 Å². The third kappa shape index (κ3) is 2.64. The summed E-state index contributed by atoms with van der Waals surface area (Å²) < 4.78 is 16.4. The van der Waals surface area contributed by atoms with Crippen LogP contribution in [0.15, 0.2) is 53.8 Å². The predicted octanol–water partition coefficient (Wildman–Crippen LogP) is 4.42. The standard InChI is InChI=1S/C19H12Cl2FN3O/c1-10-19-23-7-2-8-25(19)15-6-4-13(20)17(21)16(15)18(24-10)12-9-11(26)3-5-14(12)22/h2-10H,1H3/p+1/t10-/m0/s1. The van der Waals surface area contributed by atoms with Crippen molar-refractivity contribution in [1.29, 1.82) is 0 Å². The molecule has 7 heteroatoms. The van der Waals surface area contributed by atoms with E-state index in [1.165, 1.54) is 18.2 Å². The summed E-state index contributed by atoms with van der Waals surface area (Å²) >= 11 is 12.7. The number of hydrogen-bond donors (Lipinski definition) is 1. The van der Waals surface area contributed by atoms with E-state index in [1.54, 1.807) is 24.4 Å². The molecule has 1 aliphatic heterocycles. The van der Waals surface area contributed by atoms with Crippen LogP contribution in [0.5, 0.6) is 5.75 Å². The molecule has 0 spiro atoms. The summed E-state index contributed by atoms with van der Waals surface area (Å²) in [6.07, 6.45) is 3.52. The Hall–Kier alpha value is -2.50. The van der Waals surface area contributed by atoms with Gasteiger partial charge in [0, 0.05) is 11.6 Å². The Morgan fingerprint density at radius 1 is 1.19 bits per heavy atom. The Labute approximate surface area is 159 Å². The number of hydrogen-bond acceptors (Lipinski definition) is 3. The van der Waals surface area contributed by atoms with Gasteiger partial charge in [0.25, 0.3) is 0 Å². The van der Waals surface area contributed by atoms with Gasteiger partial charge in [-0.05, 0) is 37.3 Å². The Balaban J connectivity index is 2.12. The number of nitrogens with zero attached hydrogens (tertiary/aromatic N) is 3. The number of aromatic nitrogens is 2. The molecule has 4 rings (SSSR count). The Bertz CT molecular complexity index is 1070. The minimum absolute atomic E-state index is 0.0657. The molecule has 4 nitrogen and oxygen atoms in total. The van der Waals surface area contributed by atoms with Gasteiger partial charge in [0.05, 0.1) is 21.3 Å². The monoisotopic (exact) mass is 388 g/mol. The van der Waals surface area contributed by atoms with Crippen molar-refractivity contribution >= 4 is 28.9 Å². The highest BCUT2D eigenvalue weighted by Gasteiger charge is 2.32. The summed E-state index contributed by atoms with van der Waals surface area (Å²) in [7, 11) is 0. The third-order valence-corrected chi connectivity index (χ3v) is 5.05. The van der Waals surface area contributed by atoms with Gasteiger partial charge in [0.1, 0.15) is 29.6 Å². The summed E-state index contributed by atoms with van der Waals surface area (Å²) in [4.78, 5) is 9.09. The minimum Gasteiger partial charge on any atom is -0.508 e. The van der Waals surface area contributed by atoms with Crippen molar-refractivity contribution < 1.29 is 14.1 Å². The van der Waals surface area contributed by atoms with Gasteiger partial charge in [-0.3, -0.25) is 4.99 Å². The summed E-state index contributed by atoms with van der Waals surface area (Å²) in [5, 5.41) is 10.4. The summed E-state index contributed by atoms with van der Waals surface area (Å²) in [5.74, 6) is 0.103. The number of aromatic hydroxyl groups is 1. The second-order valence-electron chi connectivity index (χ2n) is 5.92. The van der Waals surface area contributed by atoms with E-state index in [1.807, 2.05) is 17.7 Å². The van der Waals surface area contributed by atoms with Crippen LogP contribution in [0.3, 0.4) is 0 Å². The molecule has 1 N–H and O–H groups in total. The van der Waals surface area contributed by atoms with Crippen molar-refractivity contribution in [1.82, 2.24) is 4.98 Å². The number of halogens is 3. The van der Waals surface area contributed by atoms with Gasteiger partial charge in [-0.2, -0.15) is 4.57 Å². The van der Waals surface area contributed by atoms with E-state index >= 15 is 0 Å². The SMILES string of the molecule is C[C@@H]1N=C(c2cc(O)ccc2F)c2c(ccc(Cl)c2Cl)-[n+]2cccnc21. The first kappa shape index (κ1) is 16.9. The van der Waals surface area contributed by atoms with E-state index in [9.17, 15) is 9.50 Å². The Morgan fingerprint density at radius 2 is 2.00 bits per heavy atom. The molecule has 1 aromatic heterocycles. The highest BCUT2D eigenvalue weighted by molar-refractivity contribution is 6.45. The molecule has 26 heavy (non-hydrogen) atoms. The zero-order chi connectivity index (χ0) is 18.4. The number of fused-ring (bicyclic) bond motifs is 3. The van der Waals surface area contributed by atoms with Crippen molar-refractivity contribution in [3.63, 3.8) is 0 Å². The molecule has 0 fully saturated rings. The lowest BCUT2D eigenvalue weighted by molar-refractivity contribution is -0.609. The van der Waals surface area contributed by atoms with Crippen LogP contribution in [0.4, 0.5) is 4.39 Å². The van der Waals surface area contributed by atoms with E-state index < -0.39 is 5.82 Å². The first-order valence-electron chi connectivity index (χ1n) is 7.89. The fourth-order valence-electron chi connectivity index (χ4n) is 3.08. The van der Waals surface area contributed by atoms with Gasteiger partial charge < -0.3 is 5.11 Å². The molecule has 3 aromatic rings. The molecule has 0 amide bonds. The van der Waals surface area contributed by atoms with Crippen molar-refractivity contribution in [2.75, 3.05) is 0 Å². The van der Waals surface area contributed by atoms with E-state index in [-0.39, 0.29) is 22.4 Å². The van der Waals surface area contributed by atoms with Crippen molar-refractivity contribution in [2.24, 2.45) is 4.99 Å². The van der Waals surface area contributed by atoms with Crippen LogP contribution in [0.2, 0.25) is 10.0 Å². The predicted molar refractivity (Wildman–Crippen MR) is 97.9 cm³/mol. The maximum Gasteiger partial charge on any atom is 0.327 e. The van der Waals surface area contributed by atoms with Crippen molar-refractivity contribution in [2.45, 2.75) is 13.0 Å². The van der Waals surface area contributed by atoms with Crippen LogP contribution in [0, 0.1) is 5.82 Å². The van der Waals surface area contributed by atoms with E-state index in [0.29, 0.717) is 27.8 Å². The largest absolute Gasteiger partial charge is 0.508 e. The lowest BCUT2D eigenvalue weighted by atomic mass is 9.99. The number of rotatable bonds is 1. The number of phenolic OH excluding ortho intramolecular Hbond substituents is 1. The van der Waals surface area contributed by atoms with Crippen LogP contribution >= 0.6 is 23.2 Å². The summed E-state index contributed by atoms with van der Waals surface area (Å²) in [6, 6.07) is 8.71. The minimum atomic E-state index is -0.514. The molecule has 0 saturated carbocycles. The van der Waals surface area contributed by atoms with Crippen LogP contribution in [0.1, 0.15) is 29.9 Å². The van der Waals surface area contributed by atoms with Crippen molar-refractivity contribution in [3.8, 4) is 11.4 Å². The van der Waals surface area contributed by atoms with Crippen LogP contribution in [-0.4, -0.2) is 15.8 Å². The average molecular weight is 389 g/mol. The third-order valence-electron chi connectivity index (χ3n) is 4.25. The smallest absolute Gasteiger partial charge is 0.327 e. The zero-order valence-corrected chi connectivity index (χ0v) is 15.1. The average Bonchev–Trinajstić information content (AvgIpc) is 2.76. The molecule has 0 unspecified atom stereocenters. The molecule has 2 heterocycles. The first-order chi connectivity index (χ1) is 12.5. The van der Waals surface area contributed by atoms with Crippen LogP contribution in [-0.2, 0) is 0 Å². The van der Waals surface area contributed by atoms with Crippen molar-refractivity contribution in [3.05, 3.63) is 81.6 Å². The molecule has 0 saturated heterocycles. The first-order valence-corrected chi connectivity index (χ1v) is 8.65. The Morgan fingerprint density at radius 3 is 2.81 bits per heavy atom. The highest BCUT2D eigenvalue weighted by atomic mass is 35.5. The summed E-state index contributed by atoms with van der Waals surface area (Å²) in [6.45, 7) is 1.86. The highest BCUT2D eigenvalue weighted by Crippen LogP contribution is 2.35. The lowest BCUT2D eigenvalue weighted by Gasteiger charge is -2.13. The quantitative estimate of drug-likeness (QED) is 0.627. The molecule has 0 radical (unpaired) electrons. The van der Waals surface area contributed by atoms with E-state index in [4.69, 9.17) is 23.2 Å². The Kier molecular flexibility index (Phi) is 4.13. The fraction of sp³-hybridized carbons (Fsp3) is 0.105. The molecular weight excluding hydrogens is 376 g/mol. The molecule has 1 atom stereocenters. The second-order valence-corrected chi connectivity index (χ2v) is 6.71. The molecule has 2 aromatic carbocycles. The van der Waals surface area contributed by atoms with Gasteiger partial charge in [-0.1, -0.05) is 28.2 Å². The van der Waals surface area contributed by atoms with Gasteiger partial charge in [0.2, 0.25) is 0 Å². The molecule has 130 valence electrons. The van der Waals surface area contributed by atoms with Crippen LogP contribution in [0.25, 0.3) is 5.69 Å². The summed E-state index contributed by atoms with van der Waals surface area (Å²) in [5.41, 5.74) is 1.65. The fourth-order valence-corrected chi connectivity index (χ4v) is 3.48. The molecule has 1 aliphatic rings. The zero-order valence-electron chi connectivity index (χ0n) is 13.6. The number of aliphatic imine (C=N–C) groups is 1. The maximum atomic E-state index is 14.6. The number of phenols is 1. The molecule has 0 aliphatic carbocycles. The van der Waals surface area contributed by atoms with E-state index in [2.05, 4.69) is 9.98 Å². The van der Waals surface area contributed by atoms with Gasteiger partial charge in [0.15, 0.2) is 6.04 Å². The lowest BCUT2D eigenvalue weighted by Crippen LogP contribution is -2.37. The van der Waals surface area contributed by atoms with Gasteiger partial charge in [-0.15, -0.1) is 0 Å². The maximum absolute atomic E-state index is 14.6. The number of benzene rings is 2. The molecule has 0 bridgehead atoms. The normalized spacial score (nSPS) is 15.7. The molecular formula is C19H13Cl2FN3O+. The topological polar surface area (TPSA) is 49.4 Å². The van der Waals surface area contributed by atoms with Gasteiger partial charge >= 0.3 is 5.82 Å². The van der Waals surface area contributed by atoms with Crippen LogP contribution < -0.4 is 4.57 Å².